The Kier molecular flexibility index (Phi) is 6.22. The van der Waals surface area contributed by atoms with Gasteiger partial charge in [0.2, 0.25) is 5.91 Å². The van der Waals surface area contributed by atoms with Gasteiger partial charge in [-0.25, -0.2) is 5.43 Å². The Hall–Kier alpha value is -2.41. The molecule has 7 heteroatoms. The molecule has 2 aliphatic rings. The number of piperidine rings is 1. The highest BCUT2D eigenvalue weighted by Crippen LogP contribution is 2.16. The second kappa shape index (κ2) is 8.80. The Labute approximate surface area is 153 Å². The molecule has 1 fully saturated rings. The molecule has 0 spiro atoms. The van der Waals surface area contributed by atoms with Gasteiger partial charge in [-0.3, -0.25) is 9.59 Å². The molecule has 3 N–H and O–H groups in total. The topological polar surface area (TPSA) is 84.2 Å². The predicted octanol–water partition coefficient (Wildman–Crippen LogP) is 0.187. The molecule has 2 aliphatic heterocycles. The predicted molar refractivity (Wildman–Crippen MR) is 98.1 cm³/mol. The van der Waals surface area contributed by atoms with Crippen molar-refractivity contribution in [1.82, 2.24) is 10.7 Å². The molecule has 3 rings (SSSR count). The first-order chi connectivity index (χ1) is 12.7. The number of quaternary nitrogens is 1. The normalized spacial score (nSPS) is 19.3. The molecule has 140 valence electrons. The van der Waals surface area contributed by atoms with E-state index >= 15 is 0 Å². The van der Waals surface area contributed by atoms with Crippen LogP contribution in [-0.4, -0.2) is 44.3 Å². The van der Waals surface area contributed by atoms with Crippen LogP contribution in [0.1, 0.15) is 43.7 Å². The first-order valence-electron chi connectivity index (χ1n) is 9.29. The summed E-state index contributed by atoms with van der Waals surface area (Å²) in [6.07, 6.45) is 4.41. The summed E-state index contributed by atoms with van der Waals surface area (Å²) >= 11 is 0. The van der Waals surface area contributed by atoms with Crippen molar-refractivity contribution in [3.8, 4) is 5.75 Å². The van der Waals surface area contributed by atoms with E-state index in [0.29, 0.717) is 25.1 Å². The van der Waals surface area contributed by atoms with E-state index in [2.05, 4.69) is 28.0 Å². The fourth-order valence-corrected chi connectivity index (χ4v) is 3.62. The number of rotatable bonds is 6. The molecular weight excluding hydrogens is 332 g/mol. The highest BCUT2D eigenvalue weighted by Gasteiger charge is 2.27. The lowest BCUT2D eigenvalue weighted by atomic mass is 10.0. The van der Waals surface area contributed by atoms with Crippen molar-refractivity contribution in [1.29, 1.82) is 0 Å². The van der Waals surface area contributed by atoms with Gasteiger partial charge in [0.25, 0.3) is 5.91 Å². The number of hydrogen-bond acceptors (Lipinski definition) is 4. The first-order valence-corrected chi connectivity index (χ1v) is 9.29. The Morgan fingerprint density at radius 2 is 1.96 bits per heavy atom. The summed E-state index contributed by atoms with van der Waals surface area (Å²) in [6, 6.07) is 8.29. The van der Waals surface area contributed by atoms with Crippen LogP contribution in [0.3, 0.4) is 0 Å². The van der Waals surface area contributed by atoms with Gasteiger partial charge < -0.3 is 15.0 Å². The standard InChI is InChI=1S/C19H26N4O3/c1-26-15-7-5-14(6-8-15)17(23-11-3-2-4-12-23)13-20-19(25)16-9-10-18(24)22-21-16/h5-8,17H,2-4,9-13H2,1H3,(H,20,25)(H,22,24)/p+1/t17-/m0/s1. The molecule has 1 atom stereocenters. The van der Waals surface area contributed by atoms with E-state index in [-0.39, 0.29) is 17.9 Å². The second-order valence-electron chi connectivity index (χ2n) is 6.85. The Bertz CT molecular complexity index is 666. The summed E-state index contributed by atoms with van der Waals surface area (Å²) in [5.74, 6) is 0.493. The second-order valence-corrected chi connectivity index (χ2v) is 6.85. The van der Waals surface area contributed by atoms with E-state index in [1.165, 1.54) is 29.7 Å². The summed E-state index contributed by atoms with van der Waals surface area (Å²) in [7, 11) is 1.66. The van der Waals surface area contributed by atoms with E-state index < -0.39 is 0 Å². The average molecular weight is 359 g/mol. The van der Waals surface area contributed by atoms with Gasteiger partial charge in [0.15, 0.2) is 0 Å². The maximum Gasteiger partial charge on any atom is 0.267 e. The average Bonchev–Trinajstić information content (AvgIpc) is 2.70. The third-order valence-electron chi connectivity index (χ3n) is 5.14. The van der Waals surface area contributed by atoms with Gasteiger partial charge in [0.05, 0.1) is 26.7 Å². The summed E-state index contributed by atoms with van der Waals surface area (Å²) in [6.45, 7) is 2.78. The van der Waals surface area contributed by atoms with Gasteiger partial charge >= 0.3 is 0 Å². The van der Waals surface area contributed by atoms with Crippen LogP contribution in [0.5, 0.6) is 5.75 Å². The molecular formula is C19H27N4O3+. The lowest BCUT2D eigenvalue weighted by Crippen LogP contribution is -3.13. The molecule has 1 aromatic rings. The number of nitrogens with one attached hydrogen (secondary N) is 3. The quantitative estimate of drug-likeness (QED) is 0.678. The van der Waals surface area contributed by atoms with Gasteiger partial charge in [-0.15, -0.1) is 0 Å². The number of hydrogen-bond donors (Lipinski definition) is 3. The number of likely N-dealkylation sites (tertiary alicyclic amines) is 1. The largest absolute Gasteiger partial charge is 0.497 e. The molecule has 0 aliphatic carbocycles. The lowest BCUT2D eigenvalue weighted by Gasteiger charge is -2.32. The van der Waals surface area contributed by atoms with Gasteiger partial charge in [-0.05, 0) is 43.5 Å². The molecule has 1 saturated heterocycles. The first kappa shape index (κ1) is 18.4. The van der Waals surface area contributed by atoms with Crippen molar-refractivity contribution in [3.05, 3.63) is 29.8 Å². The van der Waals surface area contributed by atoms with Gasteiger partial charge in [-0.2, -0.15) is 5.10 Å². The van der Waals surface area contributed by atoms with Gasteiger partial charge in [0.1, 0.15) is 17.5 Å². The Balaban J connectivity index is 1.68. The SMILES string of the molecule is COc1ccc([C@H](CNC(=O)C2=NNC(=O)CC2)[NH+]2CCCCC2)cc1. The van der Waals surface area contributed by atoms with Crippen LogP contribution in [-0.2, 0) is 9.59 Å². The fourth-order valence-electron chi connectivity index (χ4n) is 3.62. The Morgan fingerprint density at radius 1 is 1.23 bits per heavy atom. The van der Waals surface area contributed by atoms with Crippen LogP contribution >= 0.6 is 0 Å². The third-order valence-corrected chi connectivity index (χ3v) is 5.14. The summed E-state index contributed by atoms with van der Waals surface area (Å²) in [5, 5.41) is 6.90. The van der Waals surface area contributed by atoms with Crippen molar-refractivity contribution in [2.24, 2.45) is 5.10 Å². The molecule has 2 amide bonds. The lowest BCUT2D eigenvalue weighted by molar-refractivity contribution is -0.935. The number of benzene rings is 1. The number of amides is 2. The maximum absolute atomic E-state index is 12.4. The molecule has 7 nitrogen and oxygen atoms in total. The van der Waals surface area contributed by atoms with Crippen LogP contribution in [0.25, 0.3) is 0 Å². The van der Waals surface area contributed by atoms with Crippen molar-refractivity contribution in [3.63, 3.8) is 0 Å². The molecule has 0 saturated carbocycles. The highest BCUT2D eigenvalue weighted by molar-refractivity contribution is 6.39. The summed E-state index contributed by atoms with van der Waals surface area (Å²) in [4.78, 5) is 25.1. The van der Waals surface area contributed by atoms with Crippen molar-refractivity contribution in [2.45, 2.75) is 38.1 Å². The van der Waals surface area contributed by atoms with Crippen molar-refractivity contribution in [2.75, 3.05) is 26.7 Å². The maximum atomic E-state index is 12.4. The van der Waals surface area contributed by atoms with E-state index in [9.17, 15) is 9.59 Å². The highest BCUT2D eigenvalue weighted by atomic mass is 16.5. The Morgan fingerprint density at radius 3 is 2.58 bits per heavy atom. The molecule has 0 unspecified atom stereocenters. The third kappa shape index (κ3) is 4.60. The van der Waals surface area contributed by atoms with Crippen molar-refractivity contribution < 1.29 is 19.2 Å². The monoisotopic (exact) mass is 359 g/mol. The zero-order chi connectivity index (χ0) is 18.4. The number of ether oxygens (including phenoxy) is 1. The zero-order valence-corrected chi connectivity index (χ0v) is 15.2. The van der Waals surface area contributed by atoms with Crippen LogP contribution in [0, 0.1) is 0 Å². The minimum atomic E-state index is -0.195. The summed E-state index contributed by atoms with van der Waals surface area (Å²) < 4.78 is 5.25. The smallest absolute Gasteiger partial charge is 0.267 e. The molecule has 2 heterocycles. The molecule has 1 aromatic carbocycles. The number of methoxy groups -OCH3 is 1. The number of carbonyl (C=O) groups excluding carboxylic acids is 2. The molecule has 0 aromatic heterocycles. The minimum Gasteiger partial charge on any atom is -0.497 e. The van der Waals surface area contributed by atoms with E-state index in [0.717, 1.165) is 18.8 Å². The van der Waals surface area contributed by atoms with Crippen LogP contribution in [0.2, 0.25) is 0 Å². The minimum absolute atomic E-state index is 0.143. The van der Waals surface area contributed by atoms with E-state index in [4.69, 9.17) is 4.74 Å². The number of nitrogens with zero attached hydrogens (tertiary/aromatic N) is 1. The van der Waals surface area contributed by atoms with Crippen LogP contribution in [0.15, 0.2) is 29.4 Å². The van der Waals surface area contributed by atoms with Gasteiger partial charge in [0, 0.05) is 18.4 Å². The van der Waals surface area contributed by atoms with Crippen LogP contribution in [0.4, 0.5) is 0 Å². The number of hydrazone groups is 1. The molecule has 0 radical (unpaired) electrons. The molecule has 26 heavy (non-hydrogen) atoms. The van der Waals surface area contributed by atoms with Crippen LogP contribution < -0.4 is 20.4 Å². The van der Waals surface area contributed by atoms with Crippen molar-refractivity contribution >= 4 is 17.5 Å². The van der Waals surface area contributed by atoms with E-state index in [1.54, 1.807) is 7.11 Å². The molecule has 0 bridgehead atoms. The fraction of sp³-hybridized carbons (Fsp3) is 0.526. The zero-order valence-electron chi connectivity index (χ0n) is 15.2. The number of carbonyl (C=O) groups is 2. The summed E-state index contributed by atoms with van der Waals surface area (Å²) in [5.41, 5.74) is 3.97. The van der Waals surface area contributed by atoms with E-state index in [1.807, 2.05) is 12.1 Å². The van der Waals surface area contributed by atoms with Gasteiger partial charge in [-0.1, -0.05) is 0 Å².